The van der Waals surface area contributed by atoms with Crippen molar-refractivity contribution in [2.45, 2.75) is 53.0 Å². The molecule has 0 heterocycles. The molecule has 0 aliphatic rings. The first-order valence-corrected chi connectivity index (χ1v) is 11.1. The Kier molecular flexibility index (Phi) is 10.3. The van der Waals surface area contributed by atoms with Crippen LogP contribution in [-0.2, 0) is 13.1 Å². The van der Waals surface area contributed by atoms with Crippen molar-refractivity contribution in [3.63, 3.8) is 0 Å². The largest absolute Gasteiger partial charge is 0.491 e. The number of rotatable bonds is 11. The number of ether oxygens (including phenoxy) is 1. The van der Waals surface area contributed by atoms with Gasteiger partial charge in [0.15, 0.2) is 5.96 Å². The third kappa shape index (κ3) is 8.99. The van der Waals surface area contributed by atoms with Gasteiger partial charge in [-0.05, 0) is 63.2 Å². The molecule has 3 N–H and O–H groups in total. The first kappa shape index (κ1) is 24.7. The highest BCUT2D eigenvalue weighted by Gasteiger charge is 2.10. The van der Waals surface area contributed by atoms with Crippen molar-refractivity contribution in [3.05, 3.63) is 65.2 Å². The van der Waals surface area contributed by atoms with Gasteiger partial charge in [-0.2, -0.15) is 0 Å². The molecule has 0 amide bonds. The van der Waals surface area contributed by atoms with Crippen molar-refractivity contribution in [1.29, 1.82) is 0 Å². The molecule has 0 aliphatic carbocycles. The lowest BCUT2D eigenvalue weighted by atomic mass is 10.1. The summed E-state index contributed by atoms with van der Waals surface area (Å²) < 4.78 is 5.73. The van der Waals surface area contributed by atoms with E-state index in [1.54, 1.807) is 0 Å². The van der Waals surface area contributed by atoms with Crippen LogP contribution in [-0.4, -0.2) is 48.8 Å². The lowest BCUT2D eigenvalue weighted by Crippen LogP contribution is -2.39. The fourth-order valence-corrected chi connectivity index (χ4v) is 3.14. The molecule has 0 spiro atoms. The number of hydrogen-bond acceptors (Lipinski definition) is 4. The monoisotopic (exact) mass is 426 g/mol. The molecule has 0 radical (unpaired) electrons. The maximum absolute atomic E-state index is 10.6. The highest BCUT2D eigenvalue weighted by molar-refractivity contribution is 5.79. The van der Waals surface area contributed by atoms with Gasteiger partial charge in [0.2, 0.25) is 0 Å². The zero-order valence-corrected chi connectivity index (χ0v) is 19.6. The van der Waals surface area contributed by atoms with Crippen LogP contribution in [0.15, 0.2) is 53.5 Å². The molecule has 0 saturated carbocycles. The van der Waals surface area contributed by atoms with Gasteiger partial charge < -0.3 is 25.4 Å². The van der Waals surface area contributed by atoms with Gasteiger partial charge in [-0.1, -0.05) is 43.3 Å². The molecule has 6 heteroatoms. The summed E-state index contributed by atoms with van der Waals surface area (Å²) in [5, 5.41) is 17.1. The summed E-state index contributed by atoms with van der Waals surface area (Å²) in [6.45, 7) is 11.8. The lowest BCUT2D eigenvalue weighted by molar-refractivity contribution is 0.179. The summed E-state index contributed by atoms with van der Waals surface area (Å²) in [6, 6.07) is 16.1. The quantitative estimate of drug-likeness (QED) is 0.377. The molecule has 0 aliphatic heterocycles. The van der Waals surface area contributed by atoms with E-state index in [-0.39, 0.29) is 6.10 Å². The molecule has 2 aromatic rings. The molecule has 31 heavy (non-hydrogen) atoms. The van der Waals surface area contributed by atoms with Crippen molar-refractivity contribution in [1.82, 2.24) is 15.5 Å². The number of aliphatic imine (C=N–C) groups is 1. The van der Waals surface area contributed by atoms with Crippen molar-refractivity contribution in [3.8, 4) is 5.75 Å². The van der Waals surface area contributed by atoms with E-state index >= 15 is 0 Å². The number of benzene rings is 2. The lowest BCUT2D eigenvalue weighted by Gasteiger charge is -2.17. The first-order chi connectivity index (χ1) is 14.9. The normalized spacial score (nSPS) is 12.8. The number of nitrogens with zero attached hydrogens (tertiary/aromatic N) is 2. The summed E-state index contributed by atoms with van der Waals surface area (Å²) in [5.74, 6) is 1.45. The minimum absolute atomic E-state index is 0.0962. The van der Waals surface area contributed by atoms with E-state index < -0.39 is 6.10 Å². The molecule has 2 aromatic carbocycles. The highest BCUT2D eigenvalue weighted by Crippen LogP contribution is 2.20. The van der Waals surface area contributed by atoms with Crippen LogP contribution >= 0.6 is 0 Å². The fourth-order valence-electron chi connectivity index (χ4n) is 3.14. The maximum atomic E-state index is 10.6. The molecule has 170 valence electrons. The van der Waals surface area contributed by atoms with E-state index in [1.165, 1.54) is 11.1 Å². The third-order valence-electron chi connectivity index (χ3n) is 4.83. The molecule has 1 atom stereocenters. The van der Waals surface area contributed by atoms with Gasteiger partial charge in [-0.25, -0.2) is 4.99 Å². The summed E-state index contributed by atoms with van der Waals surface area (Å²) in [7, 11) is 2.12. The first-order valence-electron chi connectivity index (χ1n) is 11.1. The van der Waals surface area contributed by atoms with Crippen LogP contribution in [0, 0.1) is 0 Å². The standard InChI is InChI=1S/C25H38N4O2/c1-6-26-25(27-16-20-10-8-11-21(14-20)18-29(5)7-2)28-17-24(30)22-12-9-13-23(15-22)31-19(3)4/h8-15,19,24,30H,6-7,16-18H2,1-5H3,(H2,26,27,28). The zero-order chi connectivity index (χ0) is 22.6. The Balaban J connectivity index is 1.98. The van der Waals surface area contributed by atoms with Gasteiger partial charge in [0.1, 0.15) is 5.75 Å². The second-order valence-electron chi connectivity index (χ2n) is 7.98. The van der Waals surface area contributed by atoms with E-state index in [4.69, 9.17) is 9.73 Å². The Labute approximate surface area is 187 Å². The van der Waals surface area contributed by atoms with Crippen LogP contribution < -0.4 is 15.4 Å². The molecule has 0 fully saturated rings. The van der Waals surface area contributed by atoms with Gasteiger partial charge in [0.25, 0.3) is 0 Å². The van der Waals surface area contributed by atoms with E-state index in [0.29, 0.717) is 19.0 Å². The van der Waals surface area contributed by atoms with E-state index in [9.17, 15) is 5.11 Å². The van der Waals surface area contributed by atoms with Gasteiger partial charge in [-0.3, -0.25) is 0 Å². The van der Waals surface area contributed by atoms with Crippen LogP contribution in [0.25, 0.3) is 0 Å². The SMILES string of the molecule is CCNC(=NCc1cccc(CN(C)CC)c1)NCC(O)c1cccc(OC(C)C)c1. The summed E-state index contributed by atoms with van der Waals surface area (Å²) in [6.07, 6.45) is -0.564. The third-order valence-corrected chi connectivity index (χ3v) is 4.83. The smallest absolute Gasteiger partial charge is 0.191 e. The molecule has 0 saturated heterocycles. The summed E-state index contributed by atoms with van der Waals surface area (Å²) >= 11 is 0. The van der Waals surface area contributed by atoms with Crippen LogP contribution in [0.2, 0.25) is 0 Å². The molecule has 6 nitrogen and oxygen atoms in total. The Morgan fingerprint density at radius 3 is 2.52 bits per heavy atom. The van der Waals surface area contributed by atoms with Crippen molar-refractivity contribution in [2.24, 2.45) is 4.99 Å². The van der Waals surface area contributed by atoms with Gasteiger partial charge >= 0.3 is 0 Å². The number of nitrogens with one attached hydrogen (secondary N) is 2. The van der Waals surface area contributed by atoms with Gasteiger partial charge in [-0.15, -0.1) is 0 Å². The number of hydrogen-bond donors (Lipinski definition) is 3. The fraction of sp³-hybridized carbons (Fsp3) is 0.480. The second kappa shape index (κ2) is 13.0. The number of guanidine groups is 1. The summed E-state index contributed by atoms with van der Waals surface area (Å²) in [5.41, 5.74) is 3.27. The van der Waals surface area contributed by atoms with Crippen molar-refractivity contribution in [2.75, 3.05) is 26.7 Å². The van der Waals surface area contributed by atoms with E-state index in [0.717, 1.165) is 30.9 Å². The topological polar surface area (TPSA) is 69.1 Å². The molecule has 0 aromatic heterocycles. The van der Waals surface area contributed by atoms with Gasteiger partial charge in [0, 0.05) is 19.6 Å². The van der Waals surface area contributed by atoms with E-state index in [2.05, 4.69) is 53.8 Å². The molecular weight excluding hydrogens is 388 g/mol. The number of aliphatic hydroxyl groups is 1. The highest BCUT2D eigenvalue weighted by atomic mass is 16.5. The molecule has 2 rings (SSSR count). The average molecular weight is 427 g/mol. The second-order valence-corrected chi connectivity index (χ2v) is 7.98. The van der Waals surface area contributed by atoms with Crippen LogP contribution in [0.3, 0.4) is 0 Å². The molecule has 1 unspecified atom stereocenters. The Morgan fingerprint density at radius 1 is 1.06 bits per heavy atom. The Morgan fingerprint density at radius 2 is 1.81 bits per heavy atom. The van der Waals surface area contributed by atoms with Crippen LogP contribution in [0.1, 0.15) is 50.5 Å². The minimum atomic E-state index is -0.660. The van der Waals surface area contributed by atoms with Crippen molar-refractivity contribution < 1.29 is 9.84 Å². The Bertz CT molecular complexity index is 823. The molecule has 0 bridgehead atoms. The summed E-state index contributed by atoms with van der Waals surface area (Å²) in [4.78, 5) is 6.97. The Hall–Kier alpha value is -2.57. The zero-order valence-electron chi connectivity index (χ0n) is 19.6. The number of aliphatic hydroxyl groups excluding tert-OH is 1. The van der Waals surface area contributed by atoms with E-state index in [1.807, 2.05) is 45.0 Å². The van der Waals surface area contributed by atoms with Gasteiger partial charge in [0.05, 0.1) is 18.8 Å². The average Bonchev–Trinajstić information content (AvgIpc) is 2.75. The predicted octanol–water partition coefficient (Wildman–Crippen LogP) is 3.71. The van der Waals surface area contributed by atoms with Crippen LogP contribution in [0.5, 0.6) is 5.75 Å². The van der Waals surface area contributed by atoms with Crippen LogP contribution in [0.4, 0.5) is 0 Å². The predicted molar refractivity (Wildman–Crippen MR) is 128 cm³/mol. The van der Waals surface area contributed by atoms with Crippen molar-refractivity contribution >= 4 is 5.96 Å². The molecular formula is C25H38N4O2. The maximum Gasteiger partial charge on any atom is 0.191 e. The minimum Gasteiger partial charge on any atom is -0.491 e.